The van der Waals surface area contributed by atoms with Crippen LogP contribution in [0.15, 0.2) is 0 Å². The lowest BCUT2D eigenvalue weighted by Gasteiger charge is -2.47. The molecule has 0 aliphatic carbocycles. The second kappa shape index (κ2) is 7.09. The van der Waals surface area contributed by atoms with Crippen molar-refractivity contribution in [3.63, 3.8) is 0 Å². The molecule has 1 amide bonds. The van der Waals surface area contributed by atoms with E-state index >= 15 is 0 Å². The zero-order valence-corrected chi connectivity index (χ0v) is 16.3. The molecule has 0 unspecified atom stereocenters. The maximum absolute atomic E-state index is 12.8. The molecule has 0 bridgehead atoms. The van der Waals surface area contributed by atoms with E-state index in [1.807, 2.05) is 13.8 Å². The Labute approximate surface area is 154 Å². The number of aliphatic hydroxyl groups is 1. The van der Waals surface area contributed by atoms with Crippen molar-refractivity contribution in [2.45, 2.75) is 31.9 Å². The second-order valence-corrected chi connectivity index (χ2v) is 7.64. The summed E-state index contributed by atoms with van der Waals surface area (Å²) in [5.41, 5.74) is 1.20. The first-order chi connectivity index (χ1) is 12.3. The molecule has 2 aliphatic rings. The van der Waals surface area contributed by atoms with E-state index in [0.29, 0.717) is 19.1 Å². The lowest BCUT2D eigenvalue weighted by Crippen LogP contribution is -2.66. The predicted molar refractivity (Wildman–Crippen MR) is 98.5 cm³/mol. The van der Waals surface area contributed by atoms with Crippen LogP contribution < -0.4 is 4.90 Å². The van der Waals surface area contributed by atoms with E-state index in [0.717, 1.165) is 36.6 Å². The molecule has 26 heavy (non-hydrogen) atoms. The molecule has 8 heteroatoms. The van der Waals surface area contributed by atoms with Crippen molar-refractivity contribution in [1.29, 1.82) is 0 Å². The summed E-state index contributed by atoms with van der Waals surface area (Å²) >= 11 is 0. The molecule has 0 spiro atoms. The number of anilines is 1. The number of carbonyl (C=O) groups excluding carboxylic acids is 1. The number of methoxy groups -OCH3 is 1. The van der Waals surface area contributed by atoms with Crippen LogP contribution >= 0.6 is 0 Å². The Kier molecular flexibility index (Phi) is 5.18. The number of aryl methyl sites for hydroxylation is 1. The number of amides is 1. The van der Waals surface area contributed by atoms with Gasteiger partial charge in [0, 0.05) is 37.5 Å². The summed E-state index contributed by atoms with van der Waals surface area (Å²) in [4.78, 5) is 27.9. The minimum Gasteiger partial charge on any atom is -0.393 e. The number of aliphatic hydroxyl groups excluding tert-OH is 1. The summed E-state index contributed by atoms with van der Waals surface area (Å²) in [7, 11) is 5.74. The Balaban J connectivity index is 1.80. The highest BCUT2D eigenvalue weighted by atomic mass is 16.5. The first-order valence-electron chi connectivity index (χ1n) is 9.02. The van der Waals surface area contributed by atoms with Crippen molar-refractivity contribution >= 4 is 11.7 Å². The number of likely N-dealkylation sites (tertiary alicyclic amines) is 1. The maximum atomic E-state index is 12.8. The Bertz CT molecular complexity index is 682. The smallest absolute Gasteiger partial charge is 0.291 e. The van der Waals surface area contributed by atoms with Crippen molar-refractivity contribution in [2.75, 3.05) is 58.9 Å². The Morgan fingerprint density at radius 1 is 1.35 bits per heavy atom. The van der Waals surface area contributed by atoms with Crippen LogP contribution in [0.3, 0.4) is 0 Å². The number of likely N-dealkylation sites (N-methyl/N-ethyl adjacent to an activating group) is 1. The molecule has 0 saturated carbocycles. The van der Waals surface area contributed by atoms with E-state index < -0.39 is 5.60 Å². The van der Waals surface area contributed by atoms with Gasteiger partial charge in [-0.25, -0.2) is 9.97 Å². The standard InChI is InChI=1S/C18H29N5O3/c1-12-13(2)19-15(17(25)23-9-18(10-23,11-24)26-5)20-16(12)22-7-6-14(8-22)21(3)4/h14,24H,6-11H2,1-5H3/t14-/m1/s1. The number of hydrogen-bond acceptors (Lipinski definition) is 7. The summed E-state index contributed by atoms with van der Waals surface area (Å²) in [5.74, 6) is 0.865. The molecule has 1 aromatic heterocycles. The van der Waals surface area contributed by atoms with E-state index in [2.05, 4.69) is 33.9 Å². The number of rotatable bonds is 5. The van der Waals surface area contributed by atoms with Crippen LogP contribution in [0.1, 0.15) is 28.3 Å². The summed E-state index contributed by atoms with van der Waals surface area (Å²) < 4.78 is 5.32. The van der Waals surface area contributed by atoms with Crippen LogP contribution in [0.25, 0.3) is 0 Å². The van der Waals surface area contributed by atoms with Gasteiger partial charge in [0.05, 0.1) is 19.7 Å². The average molecular weight is 363 g/mol. The van der Waals surface area contributed by atoms with Gasteiger partial charge in [0.2, 0.25) is 5.82 Å². The molecular formula is C18H29N5O3. The van der Waals surface area contributed by atoms with Crippen LogP contribution in [0, 0.1) is 13.8 Å². The molecule has 0 radical (unpaired) electrons. The zero-order valence-electron chi connectivity index (χ0n) is 16.3. The highest BCUT2D eigenvalue weighted by Crippen LogP contribution is 2.28. The van der Waals surface area contributed by atoms with Crippen molar-refractivity contribution in [3.05, 3.63) is 17.1 Å². The molecule has 2 fully saturated rings. The fourth-order valence-electron chi connectivity index (χ4n) is 3.60. The van der Waals surface area contributed by atoms with Gasteiger partial charge < -0.3 is 24.5 Å². The molecule has 0 aromatic carbocycles. The molecule has 2 saturated heterocycles. The normalized spacial score (nSPS) is 22.0. The molecule has 3 heterocycles. The summed E-state index contributed by atoms with van der Waals surface area (Å²) in [5, 5.41) is 9.44. The quantitative estimate of drug-likeness (QED) is 0.793. The number of carbonyl (C=O) groups is 1. The van der Waals surface area contributed by atoms with Crippen molar-refractivity contribution in [1.82, 2.24) is 19.8 Å². The van der Waals surface area contributed by atoms with Gasteiger partial charge in [0.1, 0.15) is 11.4 Å². The van der Waals surface area contributed by atoms with Gasteiger partial charge in [-0.15, -0.1) is 0 Å². The van der Waals surface area contributed by atoms with Crippen LogP contribution in [0.2, 0.25) is 0 Å². The molecular weight excluding hydrogens is 334 g/mol. The van der Waals surface area contributed by atoms with E-state index in [-0.39, 0.29) is 18.3 Å². The van der Waals surface area contributed by atoms with Crippen molar-refractivity contribution in [2.24, 2.45) is 0 Å². The number of ether oxygens (including phenoxy) is 1. The maximum Gasteiger partial charge on any atom is 0.291 e. The van der Waals surface area contributed by atoms with Crippen molar-refractivity contribution < 1.29 is 14.6 Å². The van der Waals surface area contributed by atoms with Crippen molar-refractivity contribution in [3.8, 4) is 0 Å². The molecule has 1 N–H and O–H groups in total. The van der Waals surface area contributed by atoms with Gasteiger partial charge in [-0.1, -0.05) is 0 Å². The minimum atomic E-state index is -0.647. The lowest BCUT2D eigenvalue weighted by molar-refractivity contribution is -0.134. The van der Waals surface area contributed by atoms with Gasteiger partial charge in [0.25, 0.3) is 5.91 Å². The van der Waals surface area contributed by atoms with Gasteiger partial charge in [-0.3, -0.25) is 4.79 Å². The third-order valence-corrected chi connectivity index (χ3v) is 5.71. The molecule has 1 aromatic rings. The molecule has 1 atom stereocenters. The average Bonchev–Trinajstić information content (AvgIpc) is 3.07. The minimum absolute atomic E-state index is 0.105. The summed E-state index contributed by atoms with van der Waals surface area (Å²) in [6.07, 6.45) is 1.08. The highest BCUT2D eigenvalue weighted by Gasteiger charge is 2.46. The highest BCUT2D eigenvalue weighted by molar-refractivity contribution is 5.92. The molecule has 144 valence electrons. The predicted octanol–water partition coefficient (Wildman–Crippen LogP) is 0.0670. The topological polar surface area (TPSA) is 82.0 Å². The van der Waals surface area contributed by atoms with Gasteiger partial charge in [-0.2, -0.15) is 0 Å². The van der Waals surface area contributed by atoms with E-state index in [1.165, 1.54) is 0 Å². The Morgan fingerprint density at radius 3 is 2.58 bits per heavy atom. The first kappa shape index (κ1) is 19.0. The number of nitrogens with zero attached hydrogens (tertiary/aromatic N) is 5. The Morgan fingerprint density at radius 2 is 2.04 bits per heavy atom. The summed E-state index contributed by atoms with van der Waals surface area (Å²) in [6, 6.07) is 0.492. The van der Waals surface area contributed by atoms with Crippen LogP contribution in [-0.4, -0.2) is 96.4 Å². The van der Waals surface area contributed by atoms with E-state index in [1.54, 1.807) is 12.0 Å². The third kappa shape index (κ3) is 3.28. The van der Waals surface area contributed by atoms with Crippen LogP contribution in [0.4, 0.5) is 5.82 Å². The lowest BCUT2D eigenvalue weighted by atomic mass is 9.95. The summed E-state index contributed by atoms with van der Waals surface area (Å²) in [6.45, 7) is 6.36. The number of hydrogen-bond donors (Lipinski definition) is 1. The van der Waals surface area contributed by atoms with E-state index in [4.69, 9.17) is 4.74 Å². The monoisotopic (exact) mass is 363 g/mol. The Hall–Kier alpha value is -1.77. The first-order valence-corrected chi connectivity index (χ1v) is 9.02. The second-order valence-electron chi connectivity index (χ2n) is 7.64. The molecule has 3 rings (SSSR count). The van der Waals surface area contributed by atoms with Gasteiger partial charge in [0.15, 0.2) is 0 Å². The molecule has 8 nitrogen and oxygen atoms in total. The third-order valence-electron chi connectivity index (χ3n) is 5.71. The SMILES string of the molecule is COC1(CO)CN(C(=O)c2nc(C)c(C)c(N3CC[C@@H](N(C)C)C3)n2)C1. The number of aromatic nitrogens is 2. The van der Waals surface area contributed by atoms with E-state index in [9.17, 15) is 9.90 Å². The van der Waals surface area contributed by atoms with Gasteiger partial charge in [-0.05, 0) is 34.4 Å². The van der Waals surface area contributed by atoms with Crippen LogP contribution in [-0.2, 0) is 4.74 Å². The van der Waals surface area contributed by atoms with Gasteiger partial charge >= 0.3 is 0 Å². The molecule has 2 aliphatic heterocycles. The zero-order chi connectivity index (χ0) is 19.1. The van der Waals surface area contributed by atoms with Crippen LogP contribution in [0.5, 0.6) is 0 Å². The fourth-order valence-corrected chi connectivity index (χ4v) is 3.60. The fraction of sp³-hybridized carbons (Fsp3) is 0.722. The largest absolute Gasteiger partial charge is 0.393 e.